The maximum absolute atomic E-state index is 9.48. The molecule has 3 N–H and O–H groups in total. The summed E-state index contributed by atoms with van der Waals surface area (Å²) in [5.74, 6) is 3.28. The number of rotatable bonds is 19. The molecule has 4 rings (SSSR count). The lowest BCUT2D eigenvalue weighted by atomic mass is 9.67. The molecular formula is C47H74O7. The Morgan fingerprint density at radius 1 is 0.852 bits per heavy atom. The molecule has 1 atom stereocenters. The molecule has 2 aromatic carbocycles. The van der Waals surface area contributed by atoms with Crippen LogP contribution in [0.3, 0.4) is 0 Å². The first kappa shape index (κ1) is 49.1. The molecule has 7 heteroatoms. The first-order valence-corrected chi connectivity index (χ1v) is 20.3. The highest BCUT2D eigenvalue weighted by atomic mass is 16.5. The van der Waals surface area contributed by atoms with Crippen molar-refractivity contribution in [3.05, 3.63) is 94.1 Å². The van der Waals surface area contributed by atoms with Gasteiger partial charge in [-0.3, -0.25) is 4.79 Å². The number of ether oxygens (including phenoxy) is 2. The van der Waals surface area contributed by atoms with Crippen molar-refractivity contribution in [1.29, 1.82) is 0 Å². The van der Waals surface area contributed by atoms with Gasteiger partial charge in [0, 0.05) is 33.0 Å². The minimum atomic E-state index is -0.233. The topological polar surface area (TPSA) is 113 Å². The minimum absolute atomic E-state index is 0.133. The Hall–Kier alpha value is -2.94. The van der Waals surface area contributed by atoms with Gasteiger partial charge in [0.15, 0.2) is 0 Å². The second-order valence-electron chi connectivity index (χ2n) is 15.0. The third kappa shape index (κ3) is 17.2. The van der Waals surface area contributed by atoms with Crippen LogP contribution in [0.2, 0.25) is 0 Å². The maximum atomic E-state index is 9.48. The fourth-order valence-electron chi connectivity index (χ4n) is 8.30. The van der Waals surface area contributed by atoms with E-state index in [4.69, 9.17) is 29.6 Å². The number of carbonyl (C=O) groups excluding carboxylic acids is 2. The number of aryl methyl sites for hydroxylation is 3. The number of hydrogen-bond acceptors (Lipinski definition) is 7. The van der Waals surface area contributed by atoms with Gasteiger partial charge in [0.05, 0.1) is 19.3 Å². The first-order valence-electron chi connectivity index (χ1n) is 20.3. The van der Waals surface area contributed by atoms with Crippen molar-refractivity contribution in [2.24, 2.45) is 11.8 Å². The predicted molar refractivity (Wildman–Crippen MR) is 223 cm³/mol. The third-order valence-electron chi connectivity index (χ3n) is 11.2. The fourth-order valence-corrected chi connectivity index (χ4v) is 8.30. The normalized spacial score (nSPS) is 19.8. The average Bonchev–Trinajstić information content (AvgIpc) is 3.21. The van der Waals surface area contributed by atoms with Gasteiger partial charge in [-0.25, -0.2) is 0 Å². The Morgan fingerprint density at radius 2 is 1.44 bits per heavy atom. The third-order valence-corrected chi connectivity index (χ3v) is 11.2. The van der Waals surface area contributed by atoms with E-state index in [1.807, 2.05) is 6.79 Å². The number of methoxy groups -OCH3 is 1. The zero-order valence-electron chi connectivity index (χ0n) is 34.5. The molecule has 2 aliphatic rings. The number of hydrogen-bond donors (Lipinski definition) is 3. The van der Waals surface area contributed by atoms with Crippen LogP contribution in [0.15, 0.2) is 60.7 Å². The largest absolute Gasteiger partial charge is 0.400 e. The van der Waals surface area contributed by atoms with Gasteiger partial charge in [-0.15, -0.1) is 6.58 Å². The Kier molecular flexibility index (Phi) is 26.7. The van der Waals surface area contributed by atoms with E-state index in [0.29, 0.717) is 18.8 Å². The average molecular weight is 751 g/mol. The maximum Gasteiger partial charge on any atom is 0.147 e. The molecule has 54 heavy (non-hydrogen) atoms. The molecule has 2 fully saturated rings. The van der Waals surface area contributed by atoms with Crippen LogP contribution in [-0.2, 0) is 31.9 Å². The Balaban J connectivity index is 0.00000131. The molecule has 1 unspecified atom stereocenters. The summed E-state index contributed by atoms with van der Waals surface area (Å²) in [4.78, 5) is 17.5. The van der Waals surface area contributed by atoms with E-state index in [9.17, 15) is 4.79 Å². The number of aliphatic hydroxyl groups excluding tert-OH is 3. The molecule has 0 aliphatic heterocycles. The zero-order chi connectivity index (χ0) is 40.3. The van der Waals surface area contributed by atoms with Crippen molar-refractivity contribution >= 4 is 13.1 Å². The lowest BCUT2D eigenvalue weighted by Crippen LogP contribution is -2.25. The monoisotopic (exact) mass is 751 g/mol. The van der Waals surface area contributed by atoms with Gasteiger partial charge in [-0.1, -0.05) is 55.5 Å². The van der Waals surface area contributed by atoms with E-state index >= 15 is 0 Å². The molecule has 304 valence electrons. The van der Waals surface area contributed by atoms with E-state index in [0.717, 1.165) is 83.0 Å². The summed E-state index contributed by atoms with van der Waals surface area (Å²) in [5.41, 5.74) is 10.4. The lowest BCUT2D eigenvalue weighted by molar-refractivity contribution is -0.105. The number of carbonyl (C=O) groups is 2. The first-order chi connectivity index (χ1) is 26.2. The van der Waals surface area contributed by atoms with Crippen LogP contribution >= 0.6 is 0 Å². The van der Waals surface area contributed by atoms with Crippen LogP contribution in [0.5, 0.6) is 0 Å². The van der Waals surface area contributed by atoms with Gasteiger partial charge in [0.2, 0.25) is 0 Å². The smallest absolute Gasteiger partial charge is 0.147 e. The Morgan fingerprint density at radius 3 is 1.93 bits per heavy atom. The van der Waals surface area contributed by atoms with Gasteiger partial charge < -0.3 is 29.6 Å². The predicted octanol–water partition coefficient (Wildman–Crippen LogP) is 9.73. The number of unbranched alkanes of at least 4 members (excludes halogenated alkanes) is 1. The van der Waals surface area contributed by atoms with E-state index in [1.165, 1.54) is 79.2 Å². The fraction of sp³-hybridized carbons (Fsp3) is 0.617. The quantitative estimate of drug-likeness (QED) is 0.0567. The van der Waals surface area contributed by atoms with Crippen molar-refractivity contribution in [2.75, 3.05) is 40.6 Å². The molecular weight excluding hydrogens is 677 g/mol. The van der Waals surface area contributed by atoms with Crippen molar-refractivity contribution in [1.82, 2.24) is 0 Å². The molecule has 0 aromatic heterocycles. The summed E-state index contributed by atoms with van der Waals surface area (Å²) in [5, 5.41) is 24.1. The summed E-state index contributed by atoms with van der Waals surface area (Å²) >= 11 is 0. The highest BCUT2D eigenvalue weighted by molar-refractivity contribution is 5.72. The van der Waals surface area contributed by atoms with Gasteiger partial charge in [0.1, 0.15) is 13.1 Å². The molecule has 2 saturated carbocycles. The Labute approximate surface area is 328 Å². The summed E-state index contributed by atoms with van der Waals surface area (Å²) in [6.07, 6.45) is 18.8. The summed E-state index contributed by atoms with van der Waals surface area (Å²) in [6, 6.07) is 14.5. The van der Waals surface area contributed by atoms with Crippen LogP contribution in [0.4, 0.5) is 0 Å². The summed E-state index contributed by atoms with van der Waals surface area (Å²) in [6.45, 7) is 17.5. The van der Waals surface area contributed by atoms with Gasteiger partial charge in [-0.05, 0) is 167 Å². The van der Waals surface area contributed by atoms with Gasteiger partial charge >= 0.3 is 0 Å². The lowest BCUT2D eigenvalue weighted by Gasteiger charge is -2.38. The van der Waals surface area contributed by atoms with E-state index in [2.05, 4.69) is 70.3 Å². The van der Waals surface area contributed by atoms with Crippen LogP contribution in [-0.4, -0.2) is 69.0 Å². The van der Waals surface area contributed by atoms with Crippen molar-refractivity contribution in [2.45, 2.75) is 135 Å². The Bertz CT molecular complexity index is 1320. The summed E-state index contributed by atoms with van der Waals surface area (Å²) < 4.78 is 11.7. The van der Waals surface area contributed by atoms with E-state index in [1.54, 1.807) is 18.2 Å². The van der Waals surface area contributed by atoms with E-state index in [-0.39, 0.29) is 18.3 Å². The zero-order valence-corrected chi connectivity index (χ0v) is 34.5. The van der Waals surface area contributed by atoms with Crippen molar-refractivity contribution in [3.8, 4) is 0 Å². The molecule has 0 radical (unpaired) electrons. The van der Waals surface area contributed by atoms with Crippen LogP contribution in [0, 0.1) is 18.8 Å². The van der Waals surface area contributed by atoms with Crippen molar-refractivity contribution < 1.29 is 34.4 Å². The molecule has 0 heterocycles. The minimum Gasteiger partial charge on any atom is -0.400 e. The molecule has 0 amide bonds. The number of aliphatic hydroxyl groups is 3. The highest BCUT2D eigenvalue weighted by Crippen LogP contribution is 2.47. The standard InChI is InChI=1S/C41H62O3.C4H6O2.CH4O.CH2O/c1-6-33-29-38(41(11-9-26-43-5)44-27-24-30(2)3)21-23-40(33)37-19-15-35(16-20-37)34-13-17-36(18-14-34)39-22-12-32(28-31(39)4)10-7-8-25-42;1-4(2-5)3-6;2*1-2/h12,21-23,28-29,34-37,41-42H,2,6-11,13-20,24-27H2,1,3-5H3;2,6H,1,3H2;2H,1H3;1H2. The van der Waals surface area contributed by atoms with Crippen LogP contribution < -0.4 is 0 Å². The van der Waals surface area contributed by atoms with Gasteiger partial charge in [0.25, 0.3) is 0 Å². The van der Waals surface area contributed by atoms with Crippen LogP contribution in [0.25, 0.3) is 0 Å². The molecule has 2 aliphatic carbocycles. The second-order valence-corrected chi connectivity index (χ2v) is 15.0. The summed E-state index contributed by atoms with van der Waals surface area (Å²) in [7, 11) is 2.78. The number of benzene rings is 2. The molecule has 0 bridgehead atoms. The SMILES string of the molecule is C=C(C)CCOC(CCCOC)c1ccc(C2CCC(C3CCC(c4ccc(CCCCO)cc4C)CC3)CC2)c(CC)c1.C=C(C=O)CO.C=O.CO. The van der Waals surface area contributed by atoms with Crippen molar-refractivity contribution in [3.63, 3.8) is 0 Å². The highest BCUT2D eigenvalue weighted by Gasteiger charge is 2.32. The molecule has 0 saturated heterocycles. The van der Waals surface area contributed by atoms with E-state index < -0.39 is 0 Å². The number of aldehydes is 1. The molecule has 2 aromatic rings. The molecule has 0 spiro atoms. The molecule has 7 nitrogen and oxygen atoms in total. The van der Waals surface area contributed by atoms with Gasteiger partial charge in [-0.2, -0.15) is 0 Å². The van der Waals surface area contributed by atoms with Crippen LogP contribution in [0.1, 0.15) is 149 Å². The second kappa shape index (κ2) is 29.4.